The maximum Gasteiger partial charge on any atom is 0.254 e. The van der Waals surface area contributed by atoms with Crippen LogP contribution < -0.4 is 5.32 Å². The highest BCUT2D eigenvalue weighted by molar-refractivity contribution is 6.06. The smallest absolute Gasteiger partial charge is 0.254 e. The third-order valence-corrected chi connectivity index (χ3v) is 8.95. The first-order valence-electron chi connectivity index (χ1n) is 14.2. The van der Waals surface area contributed by atoms with Gasteiger partial charge < -0.3 is 20.1 Å². The van der Waals surface area contributed by atoms with Gasteiger partial charge in [-0.3, -0.25) is 14.4 Å². The number of fused-ring (bicyclic) bond motifs is 5. The van der Waals surface area contributed by atoms with Gasteiger partial charge in [0.25, 0.3) is 5.91 Å². The summed E-state index contributed by atoms with van der Waals surface area (Å²) >= 11 is 0. The molecule has 1 aromatic heterocycles. The zero-order chi connectivity index (χ0) is 26.1. The largest absolute Gasteiger partial charge is 0.361 e. The topological polar surface area (TPSA) is 85.5 Å². The maximum atomic E-state index is 13.7. The molecular formula is C30H42N4O3. The second-order valence-corrected chi connectivity index (χ2v) is 12.1. The number of aromatic amines is 1. The first-order valence-corrected chi connectivity index (χ1v) is 14.2. The lowest BCUT2D eigenvalue weighted by Gasteiger charge is -2.51. The van der Waals surface area contributed by atoms with Crippen molar-refractivity contribution >= 4 is 28.6 Å². The third-order valence-electron chi connectivity index (χ3n) is 8.95. The van der Waals surface area contributed by atoms with E-state index in [4.69, 9.17) is 0 Å². The van der Waals surface area contributed by atoms with Crippen molar-refractivity contribution in [3.8, 4) is 0 Å². The van der Waals surface area contributed by atoms with Crippen molar-refractivity contribution in [3.63, 3.8) is 0 Å². The summed E-state index contributed by atoms with van der Waals surface area (Å²) in [4.78, 5) is 47.4. The summed E-state index contributed by atoms with van der Waals surface area (Å²) in [6.07, 6.45) is 7.40. The lowest BCUT2D eigenvalue weighted by atomic mass is 9.77. The number of aromatic nitrogens is 1. The highest BCUT2D eigenvalue weighted by atomic mass is 16.2. The Bertz CT molecular complexity index is 1140. The zero-order valence-electron chi connectivity index (χ0n) is 22.5. The summed E-state index contributed by atoms with van der Waals surface area (Å²) in [6, 6.07) is 8.07. The van der Waals surface area contributed by atoms with E-state index in [1.807, 2.05) is 35.4 Å². The predicted octanol–water partition coefficient (Wildman–Crippen LogP) is 4.59. The van der Waals surface area contributed by atoms with E-state index in [1.54, 1.807) is 0 Å². The minimum Gasteiger partial charge on any atom is -0.361 e. The normalized spacial score (nSPS) is 29.8. The number of H-pyrrole nitrogens is 1. The zero-order valence-corrected chi connectivity index (χ0v) is 22.5. The first-order chi connectivity index (χ1) is 17.8. The van der Waals surface area contributed by atoms with E-state index in [-0.39, 0.29) is 41.6 Å². The molecule has 3 amide bonds. The standard InChI is InChI=1S/C30H42N4O3/c1-19(2)25-11-10-20(3)14-29(36)34-17-21-15-22(27(34)8-5-9-28(35)32-25)18-33(16-21)30(37)24-6-4-7-26-23(24)12-13-31-26/h4,6-7,12-13,19-22,25,27,31H,5,8-11,14-18H2,1-3H3,(H,32,35)/t20-,21+,22-,25+,27+/m1/s1. The third kappa shape index (κ3) is 5.55. The van der Waals surface area contributed by atoms with Crippen molar-refractivity contribution in [1.29, 1.82) is 0 Å². The van der Waals surface area contributed by atoms with Gasteiger partial charge in [-0.05, 0) is 74.0 Å². The van der Waals surface area contributed by atoms with E-state index in [9.17, 15) is 14.4 Å². The number of carbonyl (C=O) groups is 3. The van der Waals surface area contributed by atoms with Gasteiger partial charge in [-0.25, -0.2) is 0 Å². The van der Waals surface area contributed by atoms with Crippen LogP contribution in [0.2, 0.25) is 0 Å². The van der Waals surface area contributed by atoms with Crippen LogP contribution in [0.5, 0.6) is 0 Å². The van der Waals surface area contributed by atoms with Crippen molar-refractivity contribution in [2.24, 2.45) is 23.7 Å². The van der Waals surface area contributed by atoms with E-state index in [1.165, 1.54) is 0 Å². The molecule has 2 N–H and O–H groups in total. The van der Waals surface area contributed by atoms with Gasteiger partial charge in [0.05, 0.1) is 0 Å². The number of carbonyl (C=O) groups excluding carboxylic acids is 3. The Morgan fingerprint density at radius 1 is 1.05 bits per heavy atom. The molecule has 0 spiro atoms. The second kappa shape index (κ2) is 10.9. The molecule has 2 aromatic rings. The Morgan fingerprint density at radius 3 is 2.70 bits per heavy atom. The first kappa shape index (κ1) is 25.8. The fourth-order valence-corrected chi connectivity index (χ4v) is 6.92. The summed E-state index contributed by atoms with van der Waals surface area (Å²) in [5.74, 6) is 1.67. The molecule has 200 valence electrons. The van der Waals surface area contributed by atoms with Gasteiger partial charge in [-0.2, -0.15) is 0 Å². The summed E-state index contributed by atoms with van der Waals surface area (Å²) in [5.41, 5.74) is 1.72. The summed E-state index contributed by atoms with van der Waals surface area (Å²) in [6.45, 7) is 8.55. The predicted molar refractivity (Wildman–Crippen MR) is 145 cm³/mol. The van der Waals surface area contributed by atoms with Crippen LogP contribution in [0.15, 0.2) is 30.5 Å². The summed E-state index contributed by atoms with van der Waals surface area (Å²) in [5, 5.41) is 4.22. The maximum absolute atomic E-state index is 13.7. The van der Waals surface area contributed by atoms with Gasteiger partial charge in [0, 0.05) is 67.2 Å². The van der Waals surface area contributed by atoms with Crippen LogP contribution in [0.3, 0.4) is 0 Å². The van der Waals surface area contributed by atoms with E-state index >= 15 is 0 Å². The molecule has 3 fully saturated rings. The second-order valence-electron chi connectivity index (χ2n) is 12.1. The van der Waals surface area contributed by atoms with Crippen molar-refractivity contribution in [1.82, 2.24) is 20.1 Å². The molecule has 2 bridgehead atoms. The molecule has 4 heterocycles. The SMILES string of the molecule is CC(C)[C@@H]1CC[C@@H](C)CC(=O)N2C[C@H]3C[C@H](CN(C(=O)c4cccc5[nH]ccc45)C3)[C@@H]2CCCC(=O)N1. The molecule has 0 unspecified atom stereocenters. The van der Waals surface area contributed by atoms with Crippen molar-refractivity contribution < 1.29 is 14.4 Å². The molecule has 0 saturated carbocycles. The van der Waals surface area contributed by atoms with Crippen molar-refractivity contribution in [2.75, 3.05) is 19.6 Å². The molecular weight excluding hydrogens is 464 g/mol. The van der Waals surface area contributed by atoms with E-state index in [2.05, 4.69) is 36.0 Å². The van der Waals surface area contributed by atoms with E-state index < -0.39 is 0 Å². The molecule has 5 rings (SSSR count). The molecule has 5 atom stereocenters. The van der Waals surface area contributed by atoms with Crippen LogP contribution in [0, 0.1) is 23.7 Å². The lowest BCUT2D eigenvalue weighted by Crippen LogP contribution is -2.60. The number of likely N-dealkylation sites (tertiary alicyclic amines) is 1. The van der Waals surface area contributed by atoms with Crippen LogP contribution >= 0.6 is 0 Å². The van der Waals surface area contributed by atoms with Gasteiger partial charge in [0.15, 0.2) is 0 Å². The van der Waals surface area contributed by atoms with Crippen LogP contribution in [0.4, 0.5) is 0 Å². The van der Waals surface area contributed by atoms with E-state index in [0.29, 0.717) is 44.3 Å². The van der Waals surface area contributed by atoms with Crippen molar-refractivity contribution in [3.05, 3.63) is 36.0 Å². The van der Waals surface area contributed by atoms with Gasteiger partial charge in [0.1, 0.15) is 0 Å². The van der Waals surface area contributed by atoms with Gasteiger partial charge in [-0.15, -0.1) is 0 Å². The Morgan fingerprint density at radius 2 is 1.89 bits per heavy atom. The van der Waals surface area contributed by atoms with Gasteiger partial charge >= 0.3 is 0 Å². The number of nitrogens with zero attached hydrogens (tertiary/aromatic N) is 2. The number of benzene rings is 1. The number of amides is 3. The number of hydrogen-bond acceptors (Lipinski definition) is 3. The summed E-state index contributed by atoms with van der Waals surface area (Å²) in [7, 11) is 0. The Kier molecular flexibility index (Phi) is 7.59. The lowest BCUT2D eigenvalue weighted by molar-refractivity contribution is -0.141. The van der Waals surface area contributed by atoms with E-state index in [0.717, 1.165) is 48.6 Å². The highest BCUT2D eigenvalue weighted by Gasteiger charge is 2.44. The molecule has 1 aromatic carbocycles. The van der Waals surface area contributed by atoms with Crippen LogP contribution in [0.25, 0.3) is 10.9 Å². The monoisotopic (exact) mass is 506 g/mol. The average molecular weight is 507 g/mol. The quantitative estimate of drug-likeness (QED) is 0.625. The Hall–Kier alpha value is -2.83. The Labute approximate surface area is 220 Å². The Balaban J connectivity index is 1.34. The number of hydrogen-bond donors (Lipinski definition) is 2. The fourth-order valence-electron chi connectivity index (χ4n) is 6.92. The molecule has 7 heteroatoms. The molecule has 0 aliphatic carbocycles. The van der Waals surface area contributed by atoms with Crippen LogP contribution in [-0.2, 0) is 9.59 Å². The van der Waals surface area contributed by atoms with Crippen LogP contribution in [-0.4, -0.2) is 64.2 Å². The van der Waals surface area contributed by atoms with Crippen LogP contribution in [0.1, 0.15) is 76.1 Å². The highest BCUT2D eigenvalue weighted by Crippen LogP contribution is 2.37. The minimum atomic E-state index is 0.0806. The fraction of sp³-hybridized carbons (Fsp3) is 0.633. The molecule has 7 nitrogen and oxygen atoms in total. The number of rotatable bonds is 2. The molecule has 3 aliphatic rings. The van der Waals surface area contributed by atoms with Gasteiger partial charge in [-0.1, -0.05) is 26.8 Å². The number of nitrogens with one attached hydrogen (secondary N) is 2. The van der Waals surface area contributed by atoms with Gasteiger partial charge in [0.2, 0.25) is 11.8 Å². The minimum absolute atomic E-state index is 0.0806. The van der Waals surface area contributed by atoms with Crippen molar-refractivity contribution in [2.45, 2.75) is 77.8 Å². The average Bonchev–Trinajstić information content (AvgIpc) is 3.35. The molecule has 37 heavy (non-hydrogen) atoms. The number of piperidine rings is 2. The summed E-state index contributed by atoms with van der Waals surface area (Å²) < 4.78 is 0. The molecule has 3 aliphatic heterocycles. The molecule has 0 radical (unpaired) electrons. The molecule has 3 saturated heterocycles.